The van der Waals surface area contributed by atoms with Gasteiger partial charge in [0.1, 0.15) is 17.1 Å². The van der Waals surface area contributed by atoms with Crippen molar-refractivity contribution in [3.8, 4) is 11.5 Å². The van der Waals surface area contributed by atoms with Gasteiger partial charge in [0.15, 0.2) is 0 Å². The molecule has 1 unspecified atom stereocenters. The molecular formula is C21H28Br2O2. The van der Waals surface area contributed by atoms with Crippen LogP contribution in [0.4, 0.5) is 0 Å². The number of phenolic OH excluding ortho intramolecular Hbond substituents is 1. The fraction of sp³-hybridized carbons (Fsp3) is 0.619. The SMILES string of the molecule is CCCCCc1c(Br)c(O)c2c(c1Br)OC(C)(C)[C@@H]1CCC(C)=CC21. The van der Waals surface area contributed by atoms with Crippen LogP contribution in [0.3, 0.4) is 0 Å². The number of hydrogen-bond acceptors (Lipinski definition) is 2. The Morgan fingerprint density at radius 1 is 1.24 bits per heavy atom. The summed E-state index contributed by atoms with van der Waals surface area (Å²) in [5.74, 6) is 1.80. The van der Waals surface area contributed by atoms with E-state index >= 15 is 0 Å². The first-order chi connectivity index (χ1) is 11.8. The zero-order valence-corrected chi connectivity index (χ0v) is 18.8. The molecule has 0 saturated carbocycles. The minimum atomic E-state index is -0.238. The van der Waals surface area contributed by atoms with E-state index in [2.05, 4.69) is 65.6 Å². The van der Waals surface area contributed by atoms with E-state index < -0.39 is 0 Å². The molecule has 0 spiro atoms. The molecule has 1 N–H and O–H groups in total. The zero-order chi connectivity index (χ0) is 18.4. The number of rotatable bonds is 4. The molecule has 2 aliphatic rings. The Morgan fingerprint density at radius 2 is 1.96 bits per heavy atom. The number of halogens is 2. The van der Waals surface area contributed by atoms with Gasteiger partial charge in [0.25, 0.3) is 0 Å². The quantitative estimate of drug-likeness (QED) is 0.369. The van der Waals surface area contributed by atoms with E-state index in [9.17, 15) is 5.11 Å². The lowest BCUT2D eigenvalue weighted by atomic mass is 9.68. The van der Waals surface area contributed by atoms with Crippen molar-refractivity contribution in [2.24, 2.45) is 5.92 Å². The number of benzene rings is 1. The van der Waals surface area contributed by atoms with Gasteiger partial charge in [-0.05, 0) is 83.9 Å². The van der Waals surface area contributed by atoms with Crippen molar-refractivity contribution in [2.45, 2.75) is 77.7 Å². The van der Waals surface area contributed by atoms with Crippen LogP contribution in [0.2, 0.25) is 0 Å². The third-order valence-corrected chi connectivity index (χ3v) is 7.50. The standard InChI is InChI=1S/C21H28Br2O2/c1-5-6-7-8-13-17(22)19(24)16-14-11-12(2)9-10-15(14)21(3,4)25-20(16)18(13)23/h11,14-15,24H,5-10H2,1-4H3/t14?,15-/m1/s1. The molecule has 25 heavy (non-hydrogen) atoms. The normalized spacial score (nSPS) is 24.2. The number of allylic oxidation sites excluding steroid dienone is 2. The van der Waals surface area contributed by atoms with Crippen LogP contribution < -0.4 is 4.74 Å². The molecule has 0 saturated heterocycles. The number of phenols is 1. The number of hydrogen-bond donors (Lipinski definition) is 1. The van der Waals surface area contributed by atoms with Gasteiger partial charge in [0.05, 0.1) is 8.95 Å². The third-order valence-electron chi connectivity index (χ3n) is 5.81. The maximum atomic E-state index is 11.0. The predicted molar refractivity (Wildman–Crippen MR) is 111 cm³/mol. The highest BCUT2D eigenvalue weighted by Crippen LogP contribution is 2.58. The lowest BCUT2D eigenvalue weighted by molar-refractivity contribution is 0.00983. The van der Waals surface area contributed by atoms with Gasteiger partial charge in [0.2, 0.25) is 0 Å². The highest BCUT2D eigenvalue weighted by molar-refractivity contribution is 9.11. The Bertz CT molecular complexity index is 707. The molecule has 1 aromatic rings. The molecule has 0 fully saturated rings. The van der Waals surface area contributed by atoms with Crippen molar-refractivity contribution in [3.05, 3.63) is 31.7 Å². The number of ether oxygens (including phenoxy) is 1. The van der Waals surface area contributed by atoms with Gasteiger partial charge in [-0.15, -0.1) is 0 Å². The molecule has 3 rings (SSSR count). The Labute approximate surface area is 168 Å². The van der Waals surface area contributed by atoms with Gasteiger partial charge < -0.3 is 9.84 Å². The highest BCUT2D eigenvalue weighted by Gasteiger charge is 2.46. The number of unbranched alkanes of at least 4 members (excludes halogenated alkanes) is 2. The molecule has 1 aliphatic heterocycles. The van der Waals surface area contributed by atoms with Crippen LogP contribution in [0.1, 0.15) is 76.8 Å². The van der Waals surface area contributed by atoms with Crippen LogP contribution in [-0.4, -0.2) is 10.7 Å². The maximum absolute atomic E-state index is 11.0. The van der Waals surface area contributed by atoms with Crippen molar-refractivity contribution >= 4 is 31.9 Å². The minimum absolute atomic E-state index is 0.213. The molecule has 4 heteroatoms. The second kappa shape index (κ2) is 7.26. The summed E-state index contributed by atoms with van der Waals surface area (Å²) >= 11 is 7.47. The number of fused-ring (bicyclic) bond motifs is 3. The van der Waals surface area contributed by atoms with Crippen molar-refractivity contribution in [2.75, 3.05) is 0 Å². The van der Waals surface area contributed by atoms with Crippen LogP contribution in [0.5, 0.6) is 11.5 Å². The summed E-state index contributed by atoms with van der Waals surface area (Å²) in [6.07, 6.45) is 8.97. The molecule has 1 heterocycles. The zero-order valence-electron chi connectivity index (χ0n) is 15.6. The van der Waals surface area contributed by atoms with Crippen LogP contribution in [0.25, 0.3) is 0 Å². The van der Waals surface area contributed by atoms with Gasteiger partial charge in [-0.25, -0.2) is 0 Å². The summed E-state index contributed by atoms with van der Waals surface area (Å²) in [7, 11) is 0. The van der Waals surface area contributed by atoms with Crippen LogP contribution >= 0.6 is 31.9 Å². The van der Waals surface area contributed by atoms with Crippen molar-refractivity contribution in [3.63, 3.8) is 0 Å². The molecule has 0 aromatic heterocycles. The molecule has 138 valence electrons. The summed E-state index contributed by atoms with van der Waals surface area (Å²) in [6, 6.07) is 0. The fourth-order valence-corrected chi connectivity index (χ4v) is 5.94. The fourth-order valence-electron chi connectivity index (χ4n) is 4.37. The summed E-state index contributed by atoms with van der Waals surface area (Å²) in [4.78, 5) is 0. The van der Waals surface area contributed by atoms with E-state index in [0.717, 1.165) is 51.5 Å². The second-order valence-corrected chi connectivity index (χ2v) is 9.63. The second-order valence-electron chi connectivity index (χ2n) is 8.04. The molecule has 2 atom stereocenters. The van der Waals surface area contributed by atoms with Gasteiger partial charge in [-0.1, -0.05) is 31.4 Å². The summed E-state index contributed by atoms with van der Waals surface area (Å²) in [5, 5.41) is 11.0. The van der Waals surface area contributed by atoms with Crippen LogP contribution in [0, 0.1) is 5.92 Å². The minimum Gasteiger partial charge on any atom is -0.506 e. The average Bonchev–Trinajstić information content (AvgIpc) is 2.55. The summed E-state index contributed by atoms with van der Waals surface area (Å²) < 4.78 is 8.31. The molecule has 1 aliphatic carbocycles. The molecular weight excluding hydrogens is 444 g/mol. The molecule has 0 amide bonds. The first-order valence-corrected chi connectivity index (χ1v) is 11.0. The maximum Gasteiger partial charge on any atom is 0.142 e. The summed E-state index contributed by atoms with van der Waals surface area (Å²) in [6.45, 7) is 8.77. The van der Waals surface area contributed by atoms with E-state index in [0.29, 0.717) is 11.7 Å². The Morgan fingerprint density at radius 3 is 2.64 bits per heavy atom. The molecule has 1 aromatic carbocycles. The van der Waals surface area contributed by atoms with Gasteiger partial charge >= 0.3 is 0 Å². The third kappa shape index (κ3) is 3.41. The van der Waals surface area contributed by atoms with Crippen molar-refractivity contribution in [1.29, 1.82) is 0 Å². The summed E-state index contributed by atoms with van der Waals surface area (Å²) in [5.41, 5.74) is 3.23. The van der Waals surface area contributed by atoms with Crippen LogP contribution in [-0.2, 0) is 6.42 Å². The Kier molecular flexibility index (Phi) is 5.60. The smallest absolute Gasteiger partial charge is 0.142 e. The van der Waals surface area contributed by atoms with Crippen molar-refractivity contribution < 1.29 is 9.84 Å². The largest absolute Gasteiger partial charge is 0.506 e. The van der Waals surface area contributed by atoms with E-state index in [1.165, 1.54) is 18.4 Å². The van der Waals surface area contributed by atoms with Gasteiger partial charge in [-0.3, -0.25) is 0 Å². The predicted octanol–water partition coefficient (Wildman–Crippen LogP) is 7.26. The topological polar surface area (TPSA) is 29.5 Å². The lowest BCUT2D eigenvalue weighted by Gasteiger charge is -2.47. The monoisotopic (exact) mass is 470 g/mol. The van der Waals surface area contributed by atoms with E-state index in [1.807, 2.05) is 0 Å². The van der Waals surface area contributed by atoms with E-state index in [-0.39, 0.29) is 11.5 Å². The number of aromatic hydroxyl groups is 1. The Balaban J connectivity index is 2.14. The first kappa shape index (κ1) is 19.3. The highest BCUT2D eigenvalue weighted by atomic mass is 79.9. The molecule has 0 bridgehead atoms. The van der Waals surface area contributed by atoms with E-state index in [1.54, 1.807) is 0 Å². The van der Waals surface area contributed by atoms with E-state index in [4.69, 9.17) is 4.74 Å². The van der Waals surface area contributed by atoms with Crippen molar-refractivity contribution in [1.82, 2.24) is 0 Å². The van der Waals surface area contributed by atoms with Gasteiger partial charge in [-0.2, -0.15) is 0 Å². The van der Waals surface area contributed by atoms with Gasteiger partial charge in [0, 0.05) is 17.4 Å². The first-order valence-electron chi connectivity index (χ1n) is 9.36. The van der Waals surface area contributed by atoms with Crippen LogP contribution in [0.15, 0.2) is 20.6 Å². The Hall–Kier alpha value is -0.480. The molecule has 2 nitrogen and oxygen atoms in total. The molecule has 0 radical (unpaired) electrons. The average molecular weight is 472 g/mol. The lowest BCUT2D eigenvalue weighted by Crippen LogP contribution is -2.45.